The summed E-state index contributed by atoms with van der Waals surface area (Å²) in [5.74, 6) is -1.07. The lowest BCUT2D eigenvalue weighted by Crippen LogP contribution is -2.24. The molecule has 0 aliphatic heterocycles. The molecule has 2 rings (SSSR count). The molecule has 1 aromatic heterocycles. The number of benzene rings is 1. The number of halogens is 3. The number of aromatic nitrogens is 1. The minimum atomic E-state index is -0.565. The molecule has 1 unspecified atom stereocenters. The first-order chi connectivity index (χ1) is 9.54. The van der Waals surface area contributed by atoms with E-state index < -0.39 is 17.7 Å². The van der Waals surface area contributed by atoms with Crippen LogP contribution >= 0.6 is 15.9 Å². The third kappa shape index (κ3) is 3.04. The predicted octanol–water partition coefficient (Wildman–Crippen LogP) is 4.13. The van der Waals surface area contributed by atoms with Crippen molar-refractivity contribution in [3.05, 3.63) is 63.4 Å². The molecular weight excluding hydrogens is 326 g/mol. The lowest BCUT2D eigenvalue weighted by Gasteiger charge is -2.20. The normalized spacial score (nSPS) is 12.4. The Bertz CT molecular complexity index is 617. The molecule has 1 heterocycles. The lowest BCUT2D eigenvalue weighted by molar-refractivity contribution is 0.506. The largest absolute Gasteiger partial charge is 0.306 e. The van der Waals surface area contributed by atoms with Crippen LogP contribution < -0.4 is 5.32 Å². The van der Waals surface area contributed by atoms with Gasteiger partial charge in [-0.15, -0.1) is 0 Å². The third-order valence-corrected chi connectivity index (χ3v) is 3.51. The standard InChI is InChI=1S/C15H15BrF2N2/c1-3-20-15(10-6-11(16)8-19-7-10)13-12(17)5-4-9(2)14(13)18/h4-8,15,20H,3H2,1-2H3. The van der Waals surface area contributed by atoms with Crippen LogP contribution in [0.4, 0.5) is 8.78 Å². The second-order valence-corrected chi connectivity index (χ2v) is 5.43. The smallest absolute Gasteiger partial charge is 0.134 e. The summed E-state index contributed by atoms with van der Waals surface area (Å²) >= 11 is 3.33. The van der Waals surface area contributed by atoms with Gasteiger partial charge in [0.05, 0.1) is 6.04 Å². The summed E-state index contributed by atoms with van der Waals surface area (Å²) in [5, 5.41) is 3.11. The average Bonchev–Trinajstić information content (AvgIpc) is 2.42. The van der Waals surface area contributed by atoms with Crippen LogP contribution in [0.15, 0.2) is 35.1 Å². The fourth-order valence-corrected chi connectivity index (χ4v) is 2.50. The Hall–Kier alpha value is -1.33. The Morgan fingerprint density at radius 2 is 2.05 bits per heavy atom. The molecule has 0 spiro atoms. The van der Waals surface area contributed by atoms with E-state index in [1.807, 2.05) is 13.0 Å². The van der Waals surface area contributed by atoms with Crippen LogP contribution in [0.25, 0.3) is 0 Å². The highest BCUT2D eigenvalue weighted by Gasteiger charge is 2.22. The van der Waals surface area contributed by atoms with Gasteiger partial charge in [-0.25, -0.2) is 8.78 Å². The zero-order valence-corrected chi connectivity index (χ0v) is 12.8. The summed E-state index contributed by atoms with van der Waals surface area (Å²) in [6.07, 6.45) is 3.24. The Kier molecular flexibility index (Phi) is 4.83. The van der Waals surface area contributed by atoms with E-state index in [1.165, 1.54) is 12.1 Å². The Balaban J connectivity index is 2.57. The quantitative estimate of drug-likeness (QED) is 0.905. The van der Waals surface area contributed by atoms with Gasteiger partial charge < -0.3 is 5.32 Å². The number of pyridine rings is 1. The summed E-state index contributed by atoms with van der Waals surface area (Å²) in [7, 11) is 0. The number of nitrogens with zero attached hydrogens (tertiary/aromatic N) is 1. The van der Waals surface area contributed by atoms with Crippen molar-refractivity contribution in [2.45, 2.75) is 19.9 Å². The molecule has 0 amide bonds. The van der Waals surface area contributed by atoms with Crippen molar-refractivity contribution in [1.29, 1.82) is 0 Å². The molecule has 0 saturated heterocycles. The molecule has 2 nitrogen and oxygen atoms in total. The molecule has 1 atom stereocenters. The van der Waals surface area contributed by atoms with Gasteiger partial charge in [0.15, 0.2) is 0 Å². The Morgan fingerprint density at radius 1 is 1.30 bits per heavy atom. The van der Waals surface area contributed by atoms with Gasteiger partial charge >= 0.3 is 0 Å². The highest BCUT2D eigenvalue weighted by atomic mass is 79.9. The van der Waals surface area contributed by atoms with E-state index >= 15 is 0 Å². The first kappa shape index (κ1) is 15.1. The number of hydrogen-bond donors (Lipinski definition) is 1. The van der Waals surface area contributed by atoms with Gasteiger partial charge in [-0.05, 0) is 52.7 Å². The molecule has 20 heavy (non-hydrogen) atoms. The highest BCUT2D eigenvalue weighted by Crippen LogP contribution is 2.29. The molecule has 2 aromatic rings. The maximum absolute atomic E-state index is 14.3. The average molecular weight is 341 g/mol. The summed E-state index contributed by atoms with van der Waals surface area (Å²) in [4.78, 5) is 4.06. The molecule has 0 bridgehead atoms. The van der Waals surface area contributed by atoms with Crippen LogP contribution in [-0.4, -0.2) is 11.5 Å². The first-order valence-electron chi connectivity index (χ1n) is 6.33. The lowest BCUT2D eigenvalue weighted by atomic mass is 9.97. The fraction of sp³-hybridized carbons (Fsp3) is 0.267. The molecule has 1 aromatic carbocycles. The maximum atomic E-state index is 14.3. The maximum Gasteiger partial charge on any atom is 0.134 e. The van der Waals surface area contributed by atoms with Crippen LogP contribution in [0.3, 0.4) is 0 Å². The molecular formula is C15H15BrF2N2. The number of rotatable bonds is 4. The molecule has 5 heteroatoms. The van der Waals surface area contributed by atoms with Crippen molar-refractivity contribution < 1.29 is 8.78 Å². The molecule has 0 saturated carbocycles. The van der Waals surface area contributed by atoms with Crippen molar-refractivity contribution in [2.75, 3.05) is 6.54 Å². The zero-order chi connectivity index (χ0) is 14.7. The van der Waals surface area contributed by atoms with E-state index in [1.54, 1.807) is 19.3 Å². The van der Waals surface area contributed by atoms with Gasteiger partial charge in [-0.3, -0.25) is 4.98 Å². The van der Waals surface area contributed by atoms with Crippen molar-refractivity contribution in [3.8, 4) is 0 Å². The van der Waals surface area contributed by atoms with Gasteiger partial charge in [0.25, 0.3) is 0 Å². The zero-order valence-electron chi connectivity index (χ0n) is 11.3. The van der Waals surface area contributed by atoms with Crippen molar-refractivity contribution >= 4 is 15.9 Å². The summed E-state index contributed by atoms with van der Waals surface area (Å²) in [6, 6.07) is 3.98. The van der Waals surface area contributed by atoms with Crippen LogP contribution in [0.1, 0.15) is 29.7 Å². The molecule has 0 radical (unpaired) electrons. The van der Waals surface area contributed by atoms with Crippen LogP contribution in [0.2, 0.25) is 0 Å². The molecule has 0 aliphatic rings. The van der Waals surface area contributed by atoms with Gasteiger partial charge in [0.1, 0.15) is 11.6 Å². The summed E-state index contributed by atoms with van der Waals surface area (Å²) < 4.78 is 29.2. The van der Waals surface area contributed by atoms with E-state index in [0.29, 0.717) is 17.7 Å². The summed E-state index contributed by atoms with van der Waals surface area (Å²) in [6.45, 7) is 4.11. The number of hydrogen-bond acceptors (Lipinski definition) is 2. The minimum absolute atomic E-state index is 0.0340. The Labute approximate surface area is 125 Å². The monoisotopic (exact) mass is 340 g/mol. The van der Waals surface area contributed by atoms with Gasteiger partial charge in [0, 0.05) is 22.4 Å². The van der Waals surface area contributed by atoms with Gasteiger partial charge in [0.2, 0.25) is 0 Å². The molecule has 0 aliphatic carbocycles. The van der Waals surface area contributed by atoms with Crippen LogP contribution in [-0.2, 0) is 0 Å². The van der Waals surface area contributed by atoms with E-state index in [0.717, 1.165) is 4.47 Å². The minimum Gasteiger partial charge on any atom is -0.306 e. The van der Waals surface area contributed by atoms with E-state index in [-0.39, 0.29) is 5.56 Å². The number of nitrogens with one attached hydrogen (secondary N) is 1. The highest BCUT2D eigenvalue weighted by molar-refractivity contribution is 9.10. The first-order valence-corrected chi connectivity index (χ1v) is 7.12. The van der Waals surface area contributed by atoms with E-state index in [2.05, 4.69) is 26.2 Å². The second kappa shape index (κ2) is 6.41. The molecule has 106 valence electrons. The van der Waals surface area contributed by atoms with Crippen LogP contribution in [0, 0.1) is 18.6 Å². The third-order valence-electron chi connectivity index (χ3n) is 3.08. The van der Waals surface area contributed by atoms with Crippen LogP contribution in [0.5, 0.6) is 0 Å². The summed E-state index contributed by atoms with van der Waals surface area (Å²) in [5.41, 5.74) is 1.17. The van der Waals surface area contributed by atoms with Crippen molar-refractivity contribution in [3.63, 3.8) is 0 Å². The van der Waals surface area contributed by atoms with Crippen molar-refractivity contribution in [2.24, 2.45) is 0 Å². The van der Waals surface area contributed by atoms with E-state index in [4.69, 9.17) is 0 Å². The molecule has 0 fully saturated rings. The fourth-order valence-electron chi connectivity index (χ4n) is 2.12. The van der Waals surface area contributed by atoms with Crippen molar-refractivity contribution in [1.82, 2.24) is 10.3 Å². The Morgan fingerprint density at radius 3 is 2.70 bits per heavy atom. The SMILES string of the molecule is CCNC(c1cncc(Br)c1)c1c(F)ccc(C)c1F. The van der Waals surface area contributed by atoms with Gasteiger partial charge in [-0.2, -0.15) is 0 Å². The topological polar surface area (TPSA) is 24.9 Å². The molecule has 1 N–H and O–H groups in total. The van der Waals surface area contributed by atoms with E-state index in [9.17, 15) is 8.78 Å². The second-order valence-electron chi connectivity index (χ2n) is 4.52. The van der Waals surface area contributed by atoms with Gasteiger partial charge in [-0.1, -0.05) is 13.0 Å². The predicted molar refractivity (Wildman–Crippen MR) is 78.6 cm³/mol. The number of aryl methyl sites for hydroxylation is 1.